The van der Waals surface area contributed by atoms with Gasteiger partial charge in [-0.05, 0) is 12.8 Å². The van der Waals surface area contributed by atoms with Gasteiger partial charge in [0.25, 0.3) is 0 Å². The highest BCUT2D eigenvalue weighted by molar-refractivity contribution is 4.84. The summed E-state index contributed by atoms with van der Waals surface area (Å²) in [5, 5.41) is 0. The van der Waals surface area contributed by atoms with Gasteiger partial charge in [-0.1, -0.05) is 6.92 Å². The lowest BCUT2D eigenvalue weighted by atomic mass is 10.2. The number of nitrogens with two attached hydrogens (primary N) is 1. The minimum atomic E-state index is 0.109. The maximum absolute atomic E-state index is 5.68. The van der Waals surface area contributed by atoms with Crippen LogP contribution in [0.15, 0.2) is 0 Å². The molecule has 0 rings (SSSR count). The lowest BCUT2D eigenvalue weighted by molar-refractivity contribution is 0.119. The largest absolute Gasteiger partial charge is 0.380 e. The van der Waals surface area contributed by atoms with Crippen molar-refractivity contribution in [2.45, 2.75) is 32.2 Å². The molecule has 1 unspecified atom stereocenters. The molecule has 2 N–H and O–H groups in total. The standard InChI is InChI=1S/C9H17NO/c1-3-5-6-9(10)8-11-7-4-2/h1,9H,4-8,10H2,2H3. The zero-order valence-corrected chi connectivity index (χ0v) is 7.18. The van der Waals surface area contributed by atoms with Crippen molar-refractivity contribution in [3.63, 3.8) is 0 Å². The smallest absolute Gasteiger partial charge is 0.0617 e. The second-order valence-electron chi connectivity index (χ2n) is 2.58. The highest BCUT2D eigenvalue weighted by Crippen LogP contribution is 1.93. The number of hydrogen-bond donors (Lipinski definition) is 1. The molecule has 0 saturated heterocycles. The van der Waals surface area contributed by atoms with Crippen LogP contribution in [0.1, 0.15) is 26.2 Å². The predicted octanol–water partition coefficient (Wildman–Crippen LogP) is 1.15. The van der Waals surface area contributed by atoms with Crippen LogP contribution in [-0.4, -0.2) is 19.3 Å². The molecule has 64 valence electrons. The summed E-state index contributed by atoms with van der Waals surface area (Å²) in [6, 6.07) is 0.109. The number of ether oxygens (including phenoxy) is 1. The van der Waals surface area contributed by atoms with E-state index in [9.17, 15) is 0 Å². The summed E-state index contributed by atoms with van der Waals surface area (Å²) in [4.78, 5) is 0. The minimum absolute atomic E-state index is 0.109. The van der Waals surface area contributed by atoms with Gasteiger partial charge in [0.2, 0.25) is 0 Å². The zero-order valence-electron chi connectivity index (χ0n) is 7.18. The SMILES string of the molecule is C#CCCC(N)COCCC. The molecule has 0 amide bonds. The van der Waals surface area contributed by atoms with Crippen molar-refractivity contribution < 1.29 is 4.74 Å². The molecule has 0 radical (unpaired) electrons. The predicted molar refractivity (Wildman–Crippen MR) is 47.2 cm³/mol. The maximum Gasteiger partial charge on any atom is 0.0617 e. The van der Waals surface area contributed by atoms with E-state index in [-0.39, 0.29) is 6.04 Å². The van der Waals surface area contributed by atoms with Crippen LogP contribution in [0.3, 0.4) is 0 Å². The van der Waals surface area contributed by atoms with Crippen LogP contribution >= 0.6 is 0 Å². The lowest BCUT2D eigenvalue weighted by Crippen LogP contribution is -2.26. The molecular weight excluding hydrogens is 138 g/mol. The van der Waals surface area contributed by atoms with E-state index in [2.05, 4.69) is 12.8 Å². The number of rotatable bonds is 6. The van der Waals surface area contributed by atoms with Crippen molar-refractivity contribution in [2.24, 2.45) is 5.73 Å². The molecule has 0 aliphatic carbocycles. The molecule has 2 heteroatoms. The van der Waals surface area contributed by atoms with Gasteiger partial charge < -0.3 is 10.5 Å². The fraction of sp³-hybridized carbons (Fsp3) is 0.778. The third kappa shape index (κ3) is 7.38. The van der Waals surface area contributed by atoms with Crippen molar-refractivity contribution in [2.75, 3.05) is 13.2 Å². The van der Waals surface area contributed by atoms with Crippen LogP contribution in [0.2, 0.25) is 0 Å². The van der Waals surface area contributed by atoms with Gasteiger partial charge in [-0.2, -0.15) is 0 Å². The van der Waals surface area contributed by atoms with Crippen LogP contribution in [0.25, 0.3) is 0 Å². The average molecular weight is 155 g/mol. The zero-order chi connectivity index (χ0) is 8.53. The van der Waals surface area contributed by atoms with Crippen molar-refractivity contribution in [1.29, 1.82) is 0 Å². The highest BCUT2D eigenvalue weighted by Gasteiger charge is 1.99. The summed E-state index contributed by atoms with van der Waals surface area (Å²) in [5.41, 5.74) is 5.68. The van der Waals surface area contributed by atoms with E-state index in [0.717, 1.165) is 25.9 Å². The fourth-order valence-electron chi connectivity index (χ4n) is 0.731. The fourth-order valence-corrected chi connectivity index (χ4v) is 0.731. The topological polar surface area (TPSA) is 35.2 Å². The number of terminal acetylenes is 1. The lowest BCUT2D eigenvalue weighted by Gasteiger charge is -2.09. The Morgan fingerprint density at radius 3 is 2.91 bits per heavy atom. The van der Waals surface area contributed by atoms with Gasteiger partial charge in [0.1, 0.15) is 0 Å². The minimum Gasteiger partial charge on any atom is -0.380 e. The Hall–Kier alpha value is -0.520. The Morgan fingerprint density at radius 2 is 2.36 bits per heavy atom. The Kier molecular flexibility index (Phi) is 7.23. The molecule has 0 aromatic heterocycles. The average Bonchev–Trinajstić information content (AvgIpc) is 2.01. The Morgan fingerprint density at radius 1 is 1.64 bits per heavy atom. The maximum atomic E-state index is 5.68. The van der Waals surface area contributed by atoms with Crippen molar-refractivity contribution >= 4 is 0 Å². The van der Waals surface area contributed by atoms with E-state index in [0.29, 0.717) is 6.61 Å². The quantitative estimate of drug-likeness (QED) is 0.461. The first-order chi connectivity index (χ1) is 5.31. The Bertz CT molecular complexity index is 117. The van der Waals surface area contributed by atoms with Gasteiger partial charge in [0, 0.05) is 19.1 Å². The monoisotopic (exact) mass is 155 g/mol. The summed E-state index contributed by atoms with van der Waals surface area (Å²) in [7, 11) is 0. The van der Waals surface area contributed by atoms with Gasteiger partial charge in [-0.15, -0.1) is 12.3 Å². The molecule has 0 heterocycles. The normalized spacial score (nSPS) is 12.5. The van der Waals surface area contributed by atoms with Gasteiger partial charge in [0.15, 0.2) is 0 Å². The third-order valence-corrected chi connectivity index (χ3v) is 1.34. The third-order valence-electron chi connectivity index (χ3n) is 1.34. The van der Waals surface area contributed by atoms with E-state index < -0.39 is 0 Å². The second-order valence-corrected chi connectivity index (χ2v) is 2.58. The molecule has 0 saturated carbocycles. The van der Waals surface area contributed by atoms with E-state index >= 15 is 0 Å². The molecule has 1 atom stereocenters. The first-order valence-electron chi connectivity index (χ1n) is 4.08. The number of hydrogen-bond acceptors (Lipinski definition) is 2. The van der Waals surface area contributed by atoms with E-state index in [1.807, 2.05) is 0 Å². The molecular formula is C9H17NO. The van der Waals surface area contributed by atoms with Crippen LogP contribution < -0.4 is 5.73 Å². The van der Waals surface area contributed by atoms with Crippen LogP contribution in [0, 0.1) is 12.3 Å². The van der Waals surface area contributed by atoms with Crippen molar-refractivity contribution in [3.05, 3.63) is 0 Å². The van der Waals surface area contributed by atoms with Crippen LogP contribution in [-0.2, 0) is 4.74 Å². The summed E-state index contributed by atoms with van der Waals surface area (Å²) in [6.45, 7) is 3.51. The molecule has 0 fully saturated rings. The molecule has 0 bridgehead atoms. The van der Waals surface area contributed by atoms with Crippen molar-refractivity contribution in [1.82, 2.24) is 0 Å². The van der Waals surface area contributed by atoms with Gasteiger partial charge >= 0.3 is 0 Å². The van der Waals surface area contributed by atoms with Crippen molar-refractivity contribution in [3.8, 4) is 12.3 Å². The molecule has 0 spiro atoms. The van der Waals surface area contributed by atoms with Crippen LogP contribution in [0.4, 0.5) is 0 Å². The highest BCUT2D eigenvalue weighted by atomic mass is 16.5. The summed E-state index contributed by atoms with van der Waals surface area (Å²) in [5.74, 6) is 2.55. The van der Waals surface area contributed by atoms with Gasteiger partial charge in [0.05, 0.1) is 6.61 Å². The Balaban J connectivity index is 3.10. The van der Waals surface area contributed by atoms with Crippen LogP contribution in [0.5, 0.6) is 0 Å². The van der Waals surface area contributed by atoms with E-state index in [4.69, 9.17) is 16.9 Å². The molecule has 0 aromatic rings. The van der Waals surface area contributed by atoms with Gasteiger partial charge in [-0.3, -0.25) is 0 Å². The van der Waals surface area contributed by atoms with Gasteiger partial charge in [-0.25, -0.2) is 0 Å². The molecule has 0 aliphatic heterocycles. The van der Waals surface area contributed by atoms with E-state index in [1.165, 1.54) is 0 Å². The first-order valence-corrected chi connectivity index (χ1v) is 4.08. The van der Waals surface area contributed by atoms with E-state index in [1.54, 1.807) is 0 Å². The summed E-state index contributed by atoms with van der Waals surface area (Å²) >= 11 is 0. The molecule has 0 aliphatic rings. The molecule has 2 nitrogen and oxygen atoms in total. The summed E-state index contributed by atoms with van der Waals surface area (Å²) < 4.78 is 5.25. The molecule has 0 aromatic carbocycles. The summed E-state index contributed by atoms with van der Waals surface area (Å²) in [6.07, 6.45) is 7.74. The Labute approximate surface area is 69.1 Å². The second kappa shape index (κ2) is 7.59. The first kappa shape index (κ1) is 10.5. The molecule has 11 heavy (non-hydrogen) atoms.